The van der Waals surface area contributed by atoms with Gasteiger partial charge in [0.1, 0.15) is 0 Å². The molecule has 0 saturated heterocycles. The van der Waals surface area contributed by atoms with Gasteiger partial charge in [-0.2, -0.15) is 0 Å². The van der Waals surface area contributed by atoms with Crippen molar-refractivity contribution in [2.75, 3.05) is 0 Å². The van der Waals surface area contributed by atoms with E-state index in [0.717, 1.165) is 0 Å². The monoisotopic (exact) mass is 395 g/mol. The molecular weight excluding hydrogens is 354 g/mol. The molecule has 2 aliphatic rings. The van der Waals surface area contributed by atoms with Crippen molar-refractivity contribution in [2.45, 2.75) is 103 Å². The molecule has 0 heterocycles. The van der Waals surface area contributed by atoms with E-state index in [-0.39, 0.29) is 0 Å². The predicted molar refractivity (Wildman–Crippen MR) is 126 cm³/mol. The summed E-state index contributed by atoms with van der Waals surface area (Å²) in [6.45, 7) is 4.88. The van der Waals surface area contributed by atoms with Gasteiger partial charge in [0.05, 0.1) is 0 Å². The number of hydrogen-bond donors (Lipinski definition) is 1. The first-order valence-corrected chi connectivity index (χ1v) is 14.5. The van der Waals surface area contributed by atoms with Crippen molar-refractivity contribution in [2.24, 2.45) is 0 Å². The molecule has 28 heavy (non-hydrogen) atoms. The lowest BCUT2D eigenvalue weighted by molar-refractivity contribution is 0.415. The van der Waals surface area contributed by atoms with Crippen LogP contribution in [0.4, 0.5) is 0 Å². The van der Waals surface area contributed by atoms with Crippen LogP contribution < -0.4 is 10.2 Å². The Morgan fingerprint density at radius 3 is 2.39 bits per heavy atom. The molecule has 1 atom stereocenters. The van der Waals surface area contributed by atoms with E-state index in [2.05, 4.69) is 60.9 Å². The SMILES string of the molecule is CCCCCCCCC1=C([Si](C)(NC2CCCCC2)c2ccccc2)CC=C1. The summed E-state index contributed by atoms with van der Waals surface area (Å²) in [5.74, 6) is 0. The molecule has 0 spiro atoms. The highest BCUT2D eigenvalue weighted by Crippen LogP contribution is 2.31. The van der Waals surface area contributed by atoms with E-state index in [1.54, 1.807) is 16.0 Å². The standard InChI is InChI=1S/C26H41NSi/c1-3-4-5-6-7-10-16-23-17-15-22-26(23)28(2,25-20-13-9-14-21-25)27-24-18-11-8-12-19-24/h9,13-15,17,20-21,24,27H,3-8,10-12,16,18-19,22H2,1-2H3. The third-order valence-electron chi connectivity index (χ3n) is 6.88. The van der Waals surface area contributed by atoms with Crippen molar-refractivity contribution in [3.8, 4) is 0 Å². The van der Waals surface area contributed by atoms with Crippen molar-refractivity contribution < 1.29 is 0 Å². The van der Waals surface area contributed by atoms with Gasteiger partial charge in [-0.15, -0.1) is 0 Å². The fourth-order valence-electron chi connectivity index (χ4n) is 5.18. The van der Waals surface area contributed by atoms with Crippen molar-refractivity contribution in [1.82, 2.24) is 4.98 Å². The normalized spacial score (nSPS) is 19.9. The van der Waals surface area contributed by atoms with E-state index >= 15 is 0 Å². The first-order chi connectivity index (χ1) is 13.7. The minimum absolute atomic E-state index is 0.717. The van der Waals surface area contributed by atoms with Gasteiger partial charge in [0.25, 0.3) is 0 Å². The molecule has 3 rings (SSSR count). The number of unbranched alkanes of at least 4 members (excludes halogenated alkanes) is 5. The first-order valence-electron chi connectivity index (χ1n) is 12.0. The molecule has 154 valence electrons. The van der Waals surface area contributed by atoms with Gasteiger partial charge in [-0.25, -0.2) is 0 Å². The van der Waals surface area contributed by atoms with Crippen LogP contribution in [0.3, 0.4) is 0 Å². The zero-order valence-corrected chi connectivity index (χ0v) is 19.3. The lowest BCUT2D eigenvalue weighted by Gasteiger charge is -2.37. The van der Waals surface area contributed by atoms with Crippen LogP contribution in [0.15, 0.2) is 53.3 Å². The Kier molecular flexibility index (Phi) is 8.60. The van der Waals surface area contributed by atoms with Crippen molar-refractivity contribution in [1.29, 1.82) is 0 Å². The van der Waals surface area contributed by atoms with Crippen LogP contribution >= 0.6 is 0 Å². The maximum absolute atomic E-state index is 4.28. The fourth-order valence-corrected chi connectivity index (χ4v) is 9.21. The third kappa shape index (κ3) is 5.70. The lowest BCUT2D eigenvalue weighted by atomic mass is 9.96. The van der Waals surface area contributed by atoms with E-state index < -0.39 is 8.24 Å². The lowest BCUT2D eigenvalue weighted by Crippen LogP contribution is -2.63. The molecule has 1 saturated carbocycles. The van der Waals surface area contributed by atoms with Gasteiger partial charge in [-0.05, 0) is 43.8 Å². The zero-order valence-electron chi connectivity index (χ0n) is 18.3. The second-order valence-corrected chi connectivity index (χ2v) is 12.8. The minimum atomic E-state index is -1.86. The van der Waals surface area contributed by atoms with E-state index in [1.807, 2.05) is 0 Å². The number of benzene rings is 1. The van der Waals surface area contributed by atoms with Crippen LogP contribution in [-0.2, 0) is 0 Å². The molecule has 1 aromatic rings. The molecule has 0 aromatic heterocycles. The summed E-state index contributed by atoms with van der Waals surface area (Å²) in [4.78, 5) is 4.28. The fraction of sp³-hybridized carbons (Fsp3) is 0.615. The maximum Gasteiger partial charge on any atom is 0.183 e. The van der Waals surface area contributed by atoms with Crippen LogP contribution in [0, 0.1) is 0 Å². The van der Waals surface area contributed by atoms with Gasteiger partial charge in [-0.3, -0.25) is 0 Å². The van der Waals surface area contributed by atoms with Gasteiger partial charge in [0.2, 0.25) is 0 Å². The summed E-state index contributed by atoms with van der Waals surface area (Å²) in [5.41, 5.74) is 1.66. The molecule has 1 fully saturated rings. The topological polar surface area (TPSA) is 12.0 Å². The number of nitrogens with one attached hydrogen (secondary N) is 1. The van der Waals surface area contributed by atoms with E-state index in [1.165, 1.54) is 83.5 Å². The van der Waals surface area contributed by atoms with Gasteiger partial charge < -0.3 is 4.98 Å². The zero-order chi connectivity index (χ0) is 19.7. The van der Waals surface area contributed by atoms with Crippen LogP contribution in [0.1, 0.15) is 90.4 Å². The van der Waals surface area contributed by atoms with Crippen LogP contribution in [0.2, 0.25) is 6.55 Å². The number of rotatable bonds is 11. The summed E-state index contributed by atoms with van der Waals surface area (Å²) in [6, 6.07) is 12.1. The average Bonchev–Trinajstić information content (AvgIpc) is 3.21. The Balaban J connectivity index is 1.74. The van der Waals surface area contributed by atoms with Crippen molar-refractivity contribution in [3.63, 3.8) is 0 Å². The largest absolute Gasteiger partial charge is 0.328 e. The molecule has 1 aromatic carbocycles. The highest BCUT2D eigenvalue weighted by Gasteiger charge is 2.38. The summed E-state index contributed by atoms with van der Waals surface area (Å²) in [7, 11) is -1.86. The number of allylic oxidation sites excluding steroid dienone is 4. The van der Waals surface area contributed by atoms with Crippen LogP contribution in [0.5, 0.6) is 0 Å². The first kappa shape index (κ1) is 21.6. The minimum Gasteiger partial charge on any atom is -0.328 e. The van der Waals surface area contributed by atoms with Crippen LogP contribution in [-0.4, -0.2) is 14.3 Å². The van der Waals surface area contributed by atoms with Crippen LogP contribution in [0.25, 0.3) is 0 Å². The van der Waals surface area contributed by atoms with Gasteiger partial charge in [-0.1, -0.05) is 112 Å². The summed E-state index contributed by atoms with van der Waals surface area (Å²) in [6.07, 6.45) is 22.6. The van der Waals surface area contributed by atoms with Crippen molar-refractivity contribution >= 4 is 13.4 Å². The smallest absolute Gasteiger partial charge is 0.183 e. The molecule has 1 nitrogen and oxygen atoms in total. The maximum atomic E-state index is 4.28. The third-order valence-corrected chi connectivity index (χ3v) is 11.1. The summed E-state index contributed by atoms with van der Waals surface area (Å²) in [5, 5.41) is 3.33. The molecule has 0 radical (unpaired) electrons. The van der Waals surface area contributed by atoms with E-state index in [0.29, 0.717) is 6.04 Å². The highest BCUT2D eigenvalue weighted by atomic mass is 28.3. The molecular formula is C26H41NSi. The Morgan fingerprint density at radius 2 is 1.64 bits per heavy atom. The molecule has 0 amide bonds. The van der Waals surface area contributed by atoms with Crippen molar-refractivity contribution in [3.05, 3.63) is 53.3 Å². The molecule has 0 bridgehead atoms. The Morgan fingerprint density at radius 1 is 0.929 bits per heavy atom. The molecule has 0 aliphatic heterocycles. The second-order valence-electron chi connectivity index (χ2n) is 9.10. The highest BCUT2D eigenvalue weighted by molar-refractivity contribution is 6.95. The Bertz CT molecular complexity index is 642. The van der Waals surface area contributed by atoms with Gasteiger partial charge in [0, 0.05) is 6.04 Å². The predicted octanol–water partition coefficient (Wildman–Crippen LogP) is 6.94. The van der Waals surface area contributed by atoms with E-state index in [4.69, 9.17) is 0 Å². The summed E-state index contributed by atoms with van der Waals surface area (Å²) < 4.78 is 0. The molecule has 1 N–H and O–H groups in total. The van der Waals surface area contributed by atoms with Gasteiger partial charge in [0.15, 0.2) is 8.24 Å². The Hall–Kier alpha value is -1.12. The molecule has 2 heteroatoms. The molecule has 1 unspecified atom stereocenters. The summed E-state index contributed by atoms with van der Waals surface area (Å²) >= 11 is 0. The quantitative estimate of drug-likeness (QED) is 0.316. The molecule has 2 aliphatic carbocycles. The van der Waals surface area contributed by atoms with Gasteiger partial charge >= 0.3 is 0 Å². The second kappa shape index (κ2) is 11.2. The van der Waals surface area contributed by atoms with E-state index in [9.17, 15) is 0 Å². The Labute approximate surface area is 174 Å². The number of hydrogen-bond acceptors (Lipinski definition) is 1. The average molecular weight is 396 g/mol.